The molecule has 17 heavy (non-hydrogen) atoms. The van der Waals surface area contributed by atoms with Crippen LogP contribution in [0.1, 0.15) is 45.4 Å². The molecule has 0 spiro atoms. The summed E-state index contributed by atoms with van der Waals surface area (Å²) in [4.78, 5) is 4.94. The molecule has 1 saturated carbocycles. The highest BCUT2D eigenvalue weighted by Gasteiger charge is 2.34. The number of rotatable bonds is 4. The van der Waals surface area contributed by atoms with Crippen molar-refractivity contribution in [1.29, 1.82) is 0 Å². The van der Waals surface area contributed by atoms with Crippen LogP contribution in [-0.2, 0) is 0 Å². The molecule has 0 aromatic carbocycles. The summed E-state index contributed by atoms with van der Waals surface area (Å²) in [7, 11) is 2.20. The normalized spacial score (nSPS) is 26.8. The van der Waals surface area contributed by atoms with Crippen LogP contribution in [-0.4, -0.2) is 59.8 Å². The Morgan fingerprint density at radius 3 is 2.35 bits per heavy atom. The van der Waals surface area contributed by atoms with Gasteiger partial charge in [0.15, 0.2) is 0 Å². The smallest absolute Gasteiger partial charge is 0.0774 e. The summed E-state index contributed by atoms with van der Waals surface area (Å²) in [5.74, 6) is 0. The standard InChI is InChI=1S/C14H28N2O/c1-3-16-10-6-13(7-11-16)15(2)12-14(17)8-4-5-9-14/h13,17H,3-12H2,1-2H3. The van der Waals surface area contributed by atoms with E-state index in [2.05, 4.69) is 23.8 Å². The predicted molar refractivity (Wildman–Crippen MR) is 71.2 cm³/mol. The second kappa shape index (κ2) is 5.68. The molecular formula is C14H28N2O. The van der Waals surface area contributed by atoms with E-state index in [1.54, 1.807) is 0 Å². The average Bonchev–Trinajstić information content (AvgIpc) is 2.76. The molecule has 0 amide bonds. The SMILES string of the molecule is CCN1CCC(N(C)CC2(O)CCCC2)CC1. The molecule has 2 fully saturated rings. The van der Waals surface area contributed by atoms with E-state index in [9.17, 15) is 5.11 Å². The van der Waals surface area contributed by atoms with Crippen molar-refractivity contribution in [2.45, 2.75) is 57.1 Å². The molecule has 0 atom stereocenters. The van der Waals surface area contributed by atoms with Gasteiger partial charge in [0.05, 0.1) is 5.60 Å². The second-order valence-electron chi connectivity index (χ2n) is 6.01. The lowest BCUT2D eigenvalue weighted by molar-refractivity contribution is -0.00334. The fraction of sp³-hybridized carbons (Fsp3) is 1.00. The van der Waals surface area contributed by atoms with Gasteiger partial charge in [-0.2, -0.15) is 0 Å². The zero-order chi connectivity index (χ0) is 12.3. The Balaban J connectivity index is 1.78. The maximum Gasteiger partial charge on any atom is 0.0774 e. The van der Waals surface area contributed by atoms with Crippen LogP contribution in [0, 0.1) is 0 Å². The first kappa shape index (κ1) is 13.3. The average molecular weight is 240 g/mol. The Hall–Kier alpha value is -0.120. The molecule has 3 heteroatoms. The Morgan fingerprint density at radius 2 is 1.82 bits per heavy atom. The highest BCUT2D eigenvalue weighted by molar-refractivity contribution is 4.89. The number of hydrogen-bond donors (Lipinski definition) is 1. The van der Waals surface area contributed by atoms with Crippen LogP contribution >= 0.6 is 0 Å². The van der Waals surface area contributed by atoms with Crippen LogP contribution in [0.15, 0.2) is 0 Å². The summed E-state index contributed by atoms with van der Waals surface area (Å²) in [6, 6.07) is 0.683. The molecule has 0 aromatic heterocycles. The van der Waals surface area contributed by atoms with Crippen LogP contribution in [0.3, 0.4) is 0 Å². The van der Waals surface area contributed by atoms with Crippen molar-refractivity contribution >= 4 is 0 Å². The molecule has 0 aromatic rings. The van der Waals surface area contributed by atoms with E-state index in [4.69, 9.17) is 0 Å². The highest BCUT2D eigenvalue weighted by Crippen LogP contribution is 2.31. The third kappa shape index (κ3) is 3.43. The molecule has 0 bridgehead atoms. The van der Waals surface area contributed by atoms with Gasteiger partial charge in [-0.15, -0.1) is 0 Å². The predicted octanol–water partition coefficient (Wildman–Crippen LogP) is 1.71. The second-order valence-corrected chi connectivity index (χ2v) is 6.01. The van der Waals surface area contributed by atoms with Crippen molar-refractivity contribution in [2.75, 3.05) is 33.2 Å². The third-order valence-electron chi connectivity index (χ3n) is 4.71. The van der Waals surface area contributed by atoms with E-state index in [0.717, 1.165) is 19.4 Å². The van der Waals surface area contributed by atoms with Crippen LogP contribution in [0.5, 0.6) is 0 Å². The molecular weight excluding hydrogens is 212 g/mol. The van der Waals surface area contributed by atoms with Crippen LogP contribution < -0.4 is 0 Å². The number of likely N-dealkylation sites (tertiary alicyclic amines) is 1. The Morgan fingerprint density at radius 1 is 1.24 bits per heavy atom. The van der Waals surface area contributed by atoms with E-state index >= 15 is 0 Å². The highest BCUT2D eigenvalue weighted by atomic mass is 16.3. The maximum atomic E-state index is 10.4. The maximum absolute atomic E-state index is 10.4. The quantitative estimate of drug-likeness (QED) is 0.810. The summed E-state index contributed by atoms with van der Waals surface area (Å²) < 4.78 is 0. The minimum atomic E-state index is -0.378. The van der Waals surface area contributed by atoms with Gasteiger partial charge < -0.3 is 14.9 Å². The minimum Gasteiger partial charge on any atom is -0.389 e. The van der Waals surface area contributed by atoms with Gasteiger partial charge in [-0.25, -0.2) is 0 Å². The fourth-order valence-corrected chi connectivity index (χ4v) is 3.46. The number of nitrogens with zero attached hydrogens (tertiary/aromatic N) is 2. The van der Waals surface area contributed by atoms with Gasteiger partial charge in [-0.05, 0) is 52.4 Å². The zero-order valence-corrected chi connectivity index (χ0v) is 11.5. The minimum absolute atomic E-state index is 0.378. The van der Waals surface area contributed by atoms with Crippen LogP contribution in [0.4, 0.5) is 0 Å². The lowest BCUT2D eigenvalue weighted by atomic mass is 9.98. The number of piperidine rings is 1. The lowest BCUT2D eigenvalue weighted by Gasteiger charge is -2.39. The van der Waals surface area contributed by atoms with Crippen LogP contribution in [0.2, 0.25) is 0 Å². The number of hydrogen-bond acceptors (Lipinski definition) is 3. The van der Waals surface area contributed by atoms with Gasteiger partial charge in [-0.3, -0.25) is 0 Å². The monoisotopic (exact) mass is 240 g/mol. The molecule has 1 N–H and O–H groups in total. The topological polar surface area (TPSA) is 26.7 Å². The molecule has 0 radical (unpaired) electrons. The van der Waals surface area contributed by atoms with Crippen molar-refractivity contribution in [3.63, 3.8) is 0 Å². The van der Waals surface area contributed by atoms with E-state index < -0.39 is 0 Å². The first-order valence-corrected chi connectivity index (χ1v) is 7.28. The molecule has 1 heterocycles. The number of aliphatic hydroxyl groups is 1. The summed E-state index contributed by atoms with van der Waals surface area (Å²) in [6.07, 6.45) is 6.95. The van der Waals surface area contributed by atoms with Crippen LogP contribution in [0.25, 0.3) is 0 Å². The Labute approximate surface area is 106 Å². The summed E-state index contributed by atoms with van der Waals surface area (Å²) in [5, 5.41) is 10.4. The van der Waals surface area contributed by atoms with E-state index in [0.29, 0.717) is 6.04 Å². The lowest BCUT2D eigenvalue weighted by Crippen LogP contribution is -2.48. The van der Waals surface area contributed by atoms with Gasteiger partial charge in [0, 0.05) is 12.6 Å². The molecule has 1 saturated heterocycles. The Kier molecular flexibility index (Phi) is 4.45. The molecule has 2 rings (SSSR count). The van der Waals surface area contributed by atoms with Gasteiger partial charge in [-0.1, -0.05) is 19.8 Å². The molecule has 1 aliphatic heterocycles. The molecule has 100 valence electrons. The van der Waals surface area contributed by atoms with E-state index in [1.807, 2.05) is 0 Å². The van der Waals surface area contributed by atoms with Crippen molar-refractivity contribution < 1.29 is 5.11 Å². The number of likely N-dealkylation sites (N-methyl/N-ethyl adjacent to an activating group) is 1. The van der Waals surface area contributed by atoms with E-state index in [1.165, 1.54) is 45.3 Å². The molecule has 1 aliphatic carbocycles. The van der Waals surface area contributed by atoms with Gasteiger partial charge in [0.1, 0.15) is 0 Å². The Bertz CT molecular complexity index is 230. The van der Waals surface area contributed by atoms with E-state index in [-0.39, 0.29) is 5.60 Å². The molecule has 0 unspecified atom stereocenters. The fourth-order valence-electron chi connectivity index (χ4n) is 3.46. The summed E-state index contributed by atoms with van der Waals surface area (Å²) in [6.45, 7) is 6.75. The van der Waals surface area contributed by atoms with Gasteiger partial charge in [0.2, 0.25) is 0 Å². The van der Waals surface area contributed by atoms with Crippen molar-refractivity contribution in [1.82, 2.24) is 9.80 Å². The largest absolute Gasteiger partial charge is 0.389 e. The zero-order valence-electron chi connectivity index (χ0n) is 11.5. The van der Waals surface area contributed by atoms with Gasteiger partial charge >= 0.3 is 0 Å². The summed E-state index contributed by atoms with van der Waals surface area (Å²) >= 11 is 0. The molecule has 3 nitrogen and oxygen atoms in total. The first-order chi connectivity index (χ1) is 8.13. The first-order valence-electron chi connectivity index (χ1n) is 7.28. The van der Waals surface area contributed by atoms with Gasteiger partial charge in [0.25, 0.3) is 0 Å². The van der Waals surface area contributed by atoms with Crippen molar-refractivity contribution in [2.24, 2.45) is 0 Å². The summed E-state index contributed by atoms with van der Waals surface area (Å²) in [5.41, 5.74) is -0.378. The van der Waals surface area contributed by atoms with Crippen molar-refractivity contribution in [3.05, 3.63) is 0 Å². The third-order valence-corrected chi connectivity index (χ3v) is 4.71. The van der Waals surface area contributed by atoms with Crippen molar-refractivity contribution in [3.8, 4) is 0 Å². The molecule has 2 aliphatic rings.